The van der Waals surface area contributed by atoms with Crippen molar-refractivity contribution in [1.29, 1.82) is 0 Å². The molecule has 3 aromatic rings. The van der Waals surface area contributed by atoms with Gasteiger partial charge in [0.05, 0.1) is 23.7 Å². The SMILES string of the molecule is CCCCC(N)c1nc2ccccc2n1CCCCOc1ccccc1. The maximum atomic E-state index is 6.44. The molecule has 2 aromatic carbocycles. The molecule has 0 saturated carbocycles. The number of nitrogens with two attached hydrogens (primary N) is 1. The number of hydrogen-bond donors (Lipinski definition) is 1. The quantitative estimate of drug-likeness (QED) is 0.518. The fraction of sp³-hybridized carbons (Fsp3) is 0.409. The third kappa shape index (κ3) is 4.64. The van der Waals surface area contributed by atoms with E-state index in [9.17, 15) is 0 Å². The normalized spacial score (nSPS) is 12.4. The molecule has 3 rings (SSSR count). The van der Waals surface area contributed by atoms with Gasteiger partial charge in [0.15, 0.2) is 0 Å². The molecule has 1 atom stereocenters. The van der Waals surface area contributed by atoms with Crippen LogP contribution in [0.5, 0.6) is 5.75 Å². The van der Waals surface area contributed by atoms with Crippen LogP contribution in [-0.4, -0.2) is 16.2 Å². The molecule has 0 spiro atoms. The number of unbranched alkanes of at least 4 members (excludes halogenated alkanes) is 2. The van der Waals surface area contributed by atoms with Gasteiger partial charge in [-0.05, 0) is 43.5 Å². The molecule has 0 saturated heterocycles. The third-order valence-corrected chi connectivity index (χ3v) is 4.67. The third-order valence-electron chi connectivity index (χ3n) is 4.67. The maximum Gasteiger partial charge on any atom is 0.126 e. The summed E-state index contributed by atoms with van der Waals surface area (Å²) < 4.78 is 8.10. The Morgan fingerprint density at radius 2 is 1.77 bits per heavy atom. The largest absolute Gasteiger partial charge is 0.494 e. The van der Waals surface area contributed by atoms with Crippen LogP contribution < -0.4 is 10.5 Å². The van der Waals surface area contributed by atoms with E-state index in [0.29, 0.717) is 0 Å². The summed E-state index contributed by atoms with van der Waals surface area (Å²) in [4.78, 5) is 4.82. The first-order chi connectivity index (χ1) is 12.8. The topological polar surface area (TPSA) is 53.1 Å². The van der Waals surface area contributed by atoms with Gasteiger partial charge in [-0.1, -0.05) is 50.1 Å². The van der Waals surface area contributed by atoms with Crippen molar-refractivity contribution in [1.82, 2.24) is 9.55 Å². The van der Waals surface area contributed by atoms with E-state index in [-0.39, 0.29) is 6.04 Å². The van der Waals surface area contributed by atoms with Gasteiger partial charge in [-0.25, -0.2) is 4.98 Å². The van der Waals surface area contributed by atoms with Crippen molar-refractivity contribution in [3.05, 3.63) is 60.4 Å². The molecular weight excluding hydrogens is 322 g/mol. The maximum absolute atomic E-state index is 6.44. The van der Waals surface area contributed by atoms with E-state index >= 15 is 0 Å². The summed E-state index contributed by atoms with van der Waals surface area (Å²) in [6.07, 6.45) is 5.32. The number of fused-ring (bicyclic) bond motifs is 1. The lowest BCUT2D eigenvalue weighted by Gasteiger charge is -2.15. The number of imidazole rings is 1. The minimum absolute atomic E-state index is 0.00270. The second-order valence-electron chi connectivity index (χ2n) is 6.73. The number of rotatable bonds is 10. The van der Waals surface area contributed by atoms with Crippen LogP contribution in [0.25, 0.3) is 11.0 Å². The second kappa shape index (κ2) is 9.39. The first-order valence-electron chi connectivity index (χ1n) is 9.68. The van der Waals surface area contributed by atoms with E-state index < -0.39 is 0 Å². The predicted octanol–water partition coefficient (Wildman–Crippen LogP) is 5.09. The highest BCUT2D eigenvalue weighted by molar-refractivity contribution is 5.76. The molecule has 26 heavy (non-hydrogen) atoms. The highest BCUT2D eigenvalue weighted by atomic mass is 16.5. The van der Waals surface area contributed by atoms with Gasteiger partial charge >= 0.3 is 0 Å². The molecule has 0 aliphatic rings. The minimum atomic E-state index is 0.00270. The van der Waals surface area contributed by atoms with Gasteiger partial charge in [-0.15, -0.1) is 0 Å². The number of nitrogens with zero attached hydrogens (tertiary/aromatic N) is 2. The number of aryl methyl sites for hydroxylation is 1. The Morgan fingerprint density at radius 1 is 1.00 bits per heavy atom. The van der Waals surface area contributed by atoms with Gasteiger partial charge in [-0.2, -0.15) is 0 Å². The first-order valence-corrected chi connectivity index (χ1v) is 9.68. The minimum Gasteiger partial charge on any atom is -0.494 e. The lowest BCUT2D eigenvalue weighted by atomic mass is 10.1. The van der Waals surface area contributed by atoms with Crippen molar-refractivity contribution >= 4 is 11.0 Å². The average molecular weight is 351 g/mol. The van der Waals surface area contributed by atoms with Crippen LogP contribution in [-0.2, 0) is 6.54 Å². The van der Waals surface area contributed by atoms with Gasteiger partial charge in [0.2, 0.25) is 0 Å². The molecule has 4 heteroatoms. The molecule has 0 aliphatic heterocycles. The van der Waals surface area contributed by atoms with Gasteiger partial charge in [0.25, 0.3) is 0 Å². The number of benzene rings is 2. The van der Waals surface area contributed by atoms with E-state index in [1.807, 2.05) is 36.4 Å². The van der Waals surface area contributed by atoms with Crippen LogP contribution in [0.3, 0.4) is 0 Å². The molecule has 4 nitrogen and oxygen atoms in total. The van der Waals surface area contributed by atoms with Crippen LogP contribution >= 0.6 is 0 Å². The predicted molar refractivity (Wildman–Crippen MR) is 107 cm³/mol. The molecule has 2 N–H and O–H groups in total. The Labute approximate surface area is 156 Å². The highest BCUT2D eigenvalue weighted by Crippen LogP contribution is 2.23. The van der Waals surface area contributed by atoms with E-state index in [0.717, 1.165) is 62.3 Å². The van der Waals surface area contributed by atoms with Crippen molar-refractivity contribution in [2.75, 3.05) is 6.61 Å². The van der Waals surface area contributed by atoms with Gasteiger partial charge in [0.1, 0.15) is 11.6 Å². The lowest BCUT2D eigenvalue weighted by Crippen LogP contribution is -2.17. The zero-order valence-corrected chi connectivity index (χ0v) is 15.6. The first kappa shape index (κ1) is 18.5. The fourth-order valence-corrected chi connectivity index (χ4v) is 3.24. The Bertz CT molecular complexity index is 798. The van der Waals surface area contributed by atoms with E-state index in [1.165, 1.54) is 5.52 Å². The molecule has 1 aromatic heterocycles. The molecule has 0 radical (unpaired) electrons. The van der Waals surface area contributed by atoms with Gasteiger partial charge in [-0.3, -0.25) is 0 Å². The van der Waals surface area contributed by atoms with Crippen LogP contribution in [0.1, 0.15) is 50.9 Å². The number of ether oxygens (including phenoxy) is 1. The number of hydrogen-bond acceptors (Lipinski definition) is 3. The number of para-hydroxylation sites is 3. The zero-order chi connectivity index (χ0) is 18.2. The number of aromatic nitrogens is 2. The molecule has 0 bridgehead atoms. The molecule has 138 valence electrons. The van der Waals surface area contributed by atoms with E-state index in [2.05, 4.69) is 29.7 Å². The van der Waals surface area contributed by atoms with Crippen LogP contribution in [0.15, 0.2) is 54.6 Å². The molecule has 1 unspecified atom stereocenters. The lowest BCUT2D eigenvalue weighted by molar-refractivity contribution is 0.303. The van der Waals surface area contributed by atoms with E-state index in [4.69, 9.17) is 15.5 Å². The Hall–Kier alpha value is -2.33. The van der Waals surface area contributed by atoms with Crippen molar-refractivity contribution in [2.45, 2.75) is 51.6 Å². The molecule has 0 aliphatic carbocycles. The van der Waals surface area contributed by atoms with Gasteiger partial charge in [0, 0.05) is 6.54 Å². The summed E-state index contributed by atoms with van der Waals surface area (Å²) in [6.45, 7) is 3.85. The second-order valence-corrected chi connectivity index (χ2v) is 6.73. The molecule has 1 heterocycles. The smallest absolute Gasteiger partial charge is 0.126 e. The Kier molecular flexibility index (Phi) is 6.67. The van der Waals surface area contributed by atoms with Crippen molar-refractivity contribution < 1.29 is 4.74 Å². The summed E-state index contributed by atoms with van der Waals surface area (Å²) in [7, 11) is 0. The van der Waals surface area contributed by atoms with E-state index in [1.54, 1.807) is 0 Å². The van der Waals surface area contributed by atoms with Crippen molar-refractivity contribution in [3.63, 3.8) is 0 Å². The van der Waals surface area contributed by atoms with Gasteiger partial charge < -0.3 is 15.0 Å². The van der Waals surface area contributed by atoms with Crippen molar-refractivity contribution in [2.24, 2.45) is 5.73 Å². The molecular formula is C22H29N3O. The molecule has 0 amide bonds. The summed E-state index contributed by atoms with van der Waals surface area (Å²) in [5, 5.41) is 0. The van der Waals surface area contributed by atoms with Crippen LogP contribution in [0.4, 0.5) is 0 Å². The summed E-state index contributed by atoms with van der Waals surface area (Å²) in [6, 6.07) is 18.3. The fourth-order valence-electron chi connectivity index (χ4n) is 3.24. The van der Waals surface area contributed by atoms with Crippen LogP contribution in [0.2, 0.25) is 0 Å². The highest BCUT2D eigenvalue weighted by Gasteiger charge is 2.16. The van der Waals surface area contributed by atoms with Crippen molar-refractivity contribution in [3.8, 4) is 5.75 Å². The van der Waals surface area contributed by atoms with Crippen LogP contribution in [0, 0.1) is 0 Å². The monoisotopic (exact) mass is 351 g/mol. The summed E-state index contributed by atoms with van der Waals surface area (Å²) in [5.41, 5.74) is 8.66. The molecule has 0 fully saturated rings. The average Bonchev–Trinajstić information content (AvgIpc) is 3.05. The summed E-state index contributed by atoms with van der Waals surface area (Å²) >= 11 is 0. The zero-order valence-electron chi connectivity index (χ0n) is 15.6. The Morgan fingerprint density at radius 3 is 2.58 bits per heavy atom. The standard InChI is InChI=1S/C22H29N3O/c1-2-3-13-19(23)22-24-20-14-7-8-15-21(20)25(22)16-9-10-17-26-18-11-5-4-6-12-18/h4-8,11-12,14-15,19H,2-3,9-10,13,16-17,23H2,1H3. The Balaban J connectivity index is 1.62. The summed E-state index contributed by atoms with van der Waals surface area (Å²) in [5.74, 6) is 1.95.